The Morgan fingerprint density at radius 3 is 2.48 bits per heavy atom. The quantitative estimate of drug-likeness (QED) is 0.516. The molecule has 5 nitrogen and oxygen atoms in total. The van der Waals surface area contributed by atoms with Gasteiger partial charge in [0.15, 0.2) is 0 Å². The van der Waals surface area contributed by atoms with Crippen LogP contribution in [0.2, 0.25) is 17.2 Å². The van der Waals surface area contributed by atoms with E-state index < -0.39 is 31.8 Å². The Morgan fingerprint density at radius 2 is 1.81 bits per heavy atom. The molecule has 27 heavy (non-hydrogen) atoms. The van der Waals surface area contributed by atoms with Crippen molar-refractivity contribution >= 4 is 32.0 Å². The molecule has 1 aliphatic heterocycles. The molecule has 3 aromatic rings. The number of fused-ring (bicyclic) bond motifs is 1. The highest BCUT2D eigenvalue weighted by molar-refractivity contribution is 6.61. The summed E-state index contributed by atoms with van der Waals surface area (Å²) < 4.78 is 43.7. The molecule has 10 heteroatoms. The highest BCUT2D eigenvalue weighted by Crippen LogP contribution is 2.38. The zero-order chi connectivity index (χ0) is 19.1. The topological polar surface area (TPSA) is 55.1 Å². The van der Waals surface area contributed by atoms with Gasteiger partial charge in [0.05, 0.1) is 19.9 Å². The smallest absolute Gasteiger partial charge is 0.255 e. The zero-order valence-electron chi connectivity index (χ0n) is 14.5. The fourth-order valence-electron chi connectivity index (χ4n) is 3.74. The molecule has 142 valence electrons. The highest BCUT2D eigenvalue weighted by atomic mass is 35.5. The molecule has 0 bridgehead atoms. The van der Waals surface area contributed by atoms with Crippen LogP contribution < -0.4 is 5.32 Å². The third-order valence-electron chi connectivity index (χ3n) is 5.11. The monoisotopic (exact) mass is 411 g/mol. The van der Waals surface area contributed by atoms with Gasteiger partial charge in [-0.05, 0) is 6.92 Å². The molecule has 1 fully saturated rings. The van der Waals surface area contributed by atoms with Crippen LogP contribution >= 0.6 is 11.6 Å². The SMILES string of the molecule is CC(Nc1c(-c2c(F)cc(F)cc2F)c(Cl)nc2ncnn12)[SiH]1CCCC1. The van der Waals surface area contributed by atoms with Gasteiger partial charge in [0.1, 0.15) is 34.7 Å². The van der Waals surface area contributed by atoms with Gasteiger partial charge in [0.25, 0.3) is 5.78 Å². The summed E-state index contributed by atoms with van der Waals surface area (Å²) in [4.78, 5) is 8.10. The lowest BCUT2D eigenvalue weighted by molar-refractivity contribution is 0.548. The number of rotatable bonds is 4. The molecule has 0 radical (unpaired) electrons. The molecule has 1 atom stereocenters. The van der Waals surface area contributed by atoms with Gasteiger partial charge in [-0.15, -0.1) is 0 Å². The van der Waals surface area contributed by atoms with Crippen LogP contribution in [0.4, 0.5) is 19.0 Å². The largest absolute Gasteiger partial charge is 0.370 e. The van der Waals surface area contributed by atoms with E-state index in [1.54, 1.807) is 0 Å². The van der Waals surface area contributed by atoms with Crippen molar-refractivity contribution in [3.63, 3.8) is 0 Å². The van der Waals surface area contributed by atoms with E-state index >= 15 is 0 Å². The van der Waals surface area contributed by atoms with E-state index in [0.717, 1.165) is 0 Å². The molecular weight excluding hydrogens is 395 g/mol. The van der Waals surface area contributed by atoms with Gasteiger partial charge in [0.2, 0.25) is 0 Å². The first-order valence-corrected chi connectivity index (χ1v) is 11.4. The summed E-state index contributed by atoms with van der Waals surface area (Å²) >= 11 is 6.28. The number of hydrogen-bond acceptors (Lipinski definition) is 4. The highest BCUT2D eigenvalue weighted by Gasteiger charge is 2.28. The summed E-state index contributed by atoms with van der Waals surface area (Å²) in [7, 11) is -1.05. The number of aromatic nitrogens is 4. The van der Waals surface area contributed by atoms with E-state index in [1.807, 2.05) is 0 Å². The van der Waals surface area contributed by atoms with Gasteiger partial charge in [0, 0.05) is 17.8 Å². The van der Waals surface area contributed by atoms with Crippen molar-refractivity contribution < 1.29 is 13.2 Å². The van der Waals surface area contributed by atoms with E-state index in [2.05, 4.69) is 27.3 Å². The van der Waals surface area contributed by atoms with Crippen molar-refractivity contribution in [3.05, 3.63) is 41.1 Å². The summed E-state index contributed by atoms with van der Waals surface area (Å²) in [5.74, 6) is -2.57. The van der Waals surface area contributed by atoms with Crippen LogP contribution in [0.1, 0.15) is 19.8 Å². The first-order valence-electron chi connectivity index (χ1n) is 8.76. The second-order valence-electron chi connectivity index (χ2n) is 6.82. The molecule has 1 unspecified atom stereocenters. The Balaban J connectivity index is 1.91. The summed E-state index contributed by atoms with van der Waals surface area (Å²) in [6.07, 6.45) is 3.72. The maximum atomic E-state index is 14.5. The van der Waals surface area contributed by atoms with Crippen molar-refractivity contribution in [1.29, 1.82) is 0 Å². The molecule has 3 heterocycles. The standard InChI is InChI=1S/C17H17ClF3N5Si/c1-9(27-4-2-3-5-27)24-16-14(13-11(20)6-10(19)7-12(13)21)15(18)25-17-22-8-23-26(16)17/h6-9,24,27H,2-5H2,1H3. The third-order valence-corrected chi connectivity index (χ3v) is 9.27. The minimum Gasteiger partial charge on any atom is -0.370 e. The van der Waals surface area contributed by atoms with Crippen molar-refractivity contribution in [2.24, 2.45) is 0 Å². The average Bonchev–Trinajstić information content (AvgIpc) is 3.27. The molecule has 0 aliphatic carbocycles. The lowest BCUT2D eigenvalue weighted by Gasteiger charge is -2.23. The molecule has 0 spiro atoms. The fourth-order valence-corrected chi connectivity index (χ4v) is 7.31. The van der Waals surface area contributed by atoms with Gasteiger partial charge in [-0.2, -0.15) is 19.6 Å². The van der Waals surface area contributed by atoms with Gasteiger partial charge in [-0.1, -0.05) is 36.5 Å². The number of nitrogens with zero attached hydrogens (tertiary/aromatic N) is 4. The van der Waals surface area contributed by atoms with Gasteiger partial charge < -0.3 is 5.32 Å². The predicted octanol–water partition coefficient (Wildman–Crippen LogP) is 4.22. The number of nitrogens with one attached hydrogen (secondary N) is 1. The minimum absolute atomic E-state index is 0.0171. The van der Waals surface area contributed by atoms with E-state index in [0.29, 0.717) is 18.0 Å². The van der Waals surface area contributed by atoms with Crippen LogP contribution in [0.3, 0.4) is 0 Å². The maximum Gasteiger partial charge on any atom is 0.255 e. The van der Waals surface area contributed by atoms with Gasteiger partial charge in [-0.3, -0.25) is 0 Å². The van der Waals surface area contributed by atoms with Crippen LogP contribution in [0, 0.1) is 17.5 Å². The first kappa shape index (κ1) is 18.2. The van der Waals surface area contributed by atoms with Crippen LogP contribution in [0.15, 0.2) is 18.5 Å². The van der Waals surface area contributed by atoms with Crippen LogP contribution in [-0.4, -0.2) is 34.0 Å². The molecule has 1 aliphatic rings. The lowest BCUT2D eigenvalue weighted by Crippen LogP contribution is -2.33. The average molecular weight is 412 g/mol. The first-order chi connectivity index (χ1) is 13.0. The second-order valence-corrected chi connectivity index (χ2v) is 10.9. The van der Waals surface area contributed by atoms with Crippen LogP contribution in [-0.2, 0) is 0 Å². The Labute approximate surface area is 160 Å². The molecule has 1 N–H and O–H groups in total. The normalized spacial score (nSPS) is 16.2. The number of benzene rings is 1. The van der Waals surface area contributed by atoms with Crippen molar-refractivity contribution in [2.45, 2.75) is 37.5 Å². The summed E-state index contributed by atoms with van der Waals surface area (Å²) in [5, 5.41) is 7.36. The van der Waals surface area contributed by atoms with Crippen LogP contribution in [0.25, 0.3) is 16.9 Å². The van der Waals surface area contributed by atoms with Crippen molar-refractivity contribution in [2.75, 3.05) is 5.32 Å². The Morgan fingerprint density at radius 1 is 1.15 bits per heavy atom. The van der Waals surface area contributed by atoms with Crippen LogP contribution in [0.5, 0.6) is 0 Å². The summed E-state index contributed by atoms with van der Waals surface area (Å²) in [5.41, 5.74) is -0.263. The molecule has 0 saturated carbocycles. The van der Waals surface area contributed by atoms with E-state index in [1.165, 1.54) is 35.8 Å². The summed E-state index contributed by atoms with van der Waals surface area (Å²) in [6, 6.07) is 3.67. The fraction of sp³-hybridized carbons (Fsp3) is 0.353. The van der Waals surface area contributed by atoms with E-state index in [9.17, 15) is 13.2 Å². The Hall–Kier alpha value is -2.13. The minimum atomic E-state index is -1.05. The predicted molar refractivity (Wildman–Crippen MR) is 100 cm³/mol. The number of hydrogen-bond donors (Lipinski definition) is 1. The molecule has 0 amide bonds. The Bertz CT molecular complexity index is 983. The van der Waals surface area contributed by atoms with E-state index in [4.69, 9.17) is 11.6 Å². The summed E-state index contributed by atoms with van der Waals surface area (Å²) in [6.45, 7) is 2.07. The third kappa shape index (κ3) is 3.29. The Kier molecular flexibility index (Phi) is 4.81. The molecule has 2 aromatic heterocycles. The van der Waals surface area contributed by atoms with Gasteiger partial charge >= 0.3 is 0 Å². The number of halogens is 4. The van der Waals surface area contributed by atoms with Crippen molar-refractivity contribution in [1.82, 2.24) is 19.6 Å². The van der Waals surface area contributed by atoms with Gasteiger partial charge in [-0.25, -0.2) is 13.2 Å². The lowest BCUT2D eigenvalue weighted by atomic mass is 10.1. The second kappa shape index (κ2) is 7.12. The molecular formula is C17H17ClF3N5Si. The molecule has 4 rings (SSSR count). The van der Waals surface area contributed by atoms with Crippen molar-refractivity contribution in [3.8, 4) is 11.1 Å². The molecule has 1 aromatic carbocycles. The number of anilines is 1. The maximum absolute atomic E-state index is 14.5. The zero-order valence-corrected chi connectivity index (χ0v) is 16.4. The van der Waals surface area contributed by atoms with E-state index in [-0.39, 0.29) is 22.2 Å². The molecule has 1 saturated heterocycles.